The molecule has 1 aromatic rings. The van der Waals surface area contributed by atoms with Crippen LogP contribution in [0.1, 0.15) is 31.7 Å². The van der Waals surface area contributed by atoms with Gasteiger partial charge in [-0.15, -0.1) is 0 Å². The molecule has 5 aliphatic heterocycles. The summed E-state index contributed by atoms with van der Waals surface area (Å²) < 4.78 is 0.779. The van der Waals surface area contributed by atoms with Crippen LogP contribution < -0.4 is 17.3 Å². The molecular weight excluding hydrogens is 348 g/mol. The van der Waals surface area contributed by atoms with Gasteiger partial charge in [0, 0.05) is 37.4 Å². The Kier molecular flexibility index (Phi) is 3.30. The zero-order valence-electron chi connectivity index (χ0n) is 15.7. The Labute approximate surface area is 161 Å². The fourth-order valence-electron chi connectivity index (χ4n) is 8.58. The van der Waals surface area contributed by atoms with Crippen molar-refractivity contribution in [2.75, 3.05) is 19.0 Å². The van der Waals surface area contributed by atoms with Crippen LogP contribution in [0.15, 0.2) is 24.3 Å². The molecule has 0 radical (unpaired) electrons. The number of halogens is 1. The standard InChI is InChI=1S/C21H29N2O2.ClH/c1-4-11-12-9-15-18-21(13-7-5-6-8-14(13)22(18)2)10-16(17(12)19(21)24)23(15,3)20(11)25;/h5-8,11-12,15-20,24-25H,4,9-10H2,1-3H3;1H/q+1;/p-1/t11-,12-,15-,16-,17+,18-,19+,20+,21+,23?;/m0./s1. The Morgan fingerprint density at radius 3 is 2.69 bits per heavy atom. The van der Waals surface area contributed by atoms with Crippen molar-refractivity contribution in [3.8, 4) is 0 Å². The summed E-state index contributed by atoms with van der Waals surface area (Å²) >= 11 is 0. The van der Waals surface area contributed by atoms with Crippen LogP contribution in [0, 0.1) is 17.8 Å². The van der Waals surface area contributed by atoms with E-state index in [4.69, 9.17) is 0 Å². The van der Waals surface area contributed by atoms with Crippen molar-refractivity contribution in [1.29, 1.82) is 0 Å². The zero-order valence-corrected chi connectivity index (χ0v) is 16.5. The molecule has 1 aliphatic carbocycles. The van der Waals surface area contributed by atoms with Gasteiger partial charge in [-0.05, 0) is 24.0 Å². The molecule has 5 fully saturated rings. The number of nitrogens with zero attached hydrogens (tertiary/aromatic N) is 2. The number of likely N-dealkylation sites (N-methyl/N-ethyl adjacent to an activating group) is 2. The van der Waals surface area contributed by atoms with E-state index in [9.17, 15) is 10.2 Å². The molecule has 2 N–H and O–H groups in total. The minimum absolute atomic E-state index is 0. The number of para-hydroxylation sites is 1. The third-order valence-electron chi connectivity index (χ3n) is 9.39. The lowest BCUT2D eigenvalue weighted by atomic mass is 9.61. The molecule has 4 nitrogen and oxygen atoms in total. The van der Waals surface area contributed by atoms with Gasteiger partial charge in [0.05, 0.1) is 30.7 Å². The lowest BCUT2D eigenvalue weighted by molar-refractivity contribution is -1.02. The SMILES string of the molecule is CC[C@H]1[C@@H]2C[C@H]3[C@@H]4N(C)c5ccccc5[C@]45C[C@@H]([C@@H]2[C@H]5O)[N+]3(C)[C@@H]1O.[Cl-]. The van der Waals surface area contributed by atoms with Crippen LogP contribution in [0.4, 0.5) is 5.69 Å². The van der Waals surface area contributed by atoms with Crippen LogP contribution in [-0.4, -0.2) is 59.2 Å². The number of aliphatic hydroxyl groups excluding tert-OH is 2. The first-order chi connectivity index (χ1) is 12.0. The van der Waals surface area contributed by atoms with Gasteiger partial charge in [-0.3, -0.25) is 4.48 Å². The Balaban J connectivity index is 0.00000150. The third kappa shape index (κ3) is 1.44. The predicted octanol–water partition coefficient (Wildman–Crippen LogP) is -1.30. The van der Waals surface area contributed by atoms with E-state index >= 15 is 0 Å². The van der Waals surface area contributed by atoms with E-state index in [-0.39, 0.29) is 30.2 Å². The van der Waals surface area contributed by atoms with Crippen molar-refractivity contribution in [1.82, 2.24) is 0 Å². The molecule has 0 aromatic heterocycles. The maximum atomic E-state index is 11.7. The first kappa shape index (κ1) is 17.3. The normalized spacial score (nSPS) is 54.9. The smallest absolute Gasteiger partial charge is 0.193 e. The molecule has 0 amide bonds. The highest BCUT2D eigenvalue weighted by molar-refractivity contribution is 5.66. The lowest BCUT2D eigenvalue weighted by Gasteiger charge is -2.66. The second-order valence-electron chi connectivity index (χ2n) is 9.58. The zero-order chi connectivity index (χ0) is 17.3. The average Bonchev–Trinajstić information content (AvgIpc) is 2.99. The first-order valence-corrected chi connectivity index (χ1v) is 10.0. The topological polar surface area (TPSA) is 43.7 Å². The van der Waals surface area contributed by atoms with Crippen LogP contribution in [0.5, 0.6) is 0 Å². The van der Waals surface area contributed by atoms with Gasteiger partial charge >= 0.3 is 0 Å². The van der Waals surface area contributed by atoms with Crippen molar-refractivity contribution >= 4 is 5.69 Å². The summed E-state index contributed by atoms with van der Waals surface area (Å²) in [5.74, 6) is 1.17. The summed E-state index contributed by atoms with van der Waals surface area (Å²) in [6.07, 6.45) is 2.67. The molecular formula is C21H29ClN2O2. The Hall–Kier alpha value is -0.810. The van der Waals surface area contributed by atoms with E-state index in [0.717, 1.165) is 23.7 Å². The predicted molar refractivity (Wildman–Crippen MR) is 96.1 cm³/mol. The Morgan fingerprint density at radius 1 is 1.23 bits per heavy atom. The number of hydrogen-bond acceptors (Lipinski definition) is 3. The average molecular weight is 377 g/mol. The number of aliphatic hydroxyl groups is 2. The number of piperidine rings is 4. The summed E-state index contributed by atoms with van der Waals surface area (Å²) in [4.78, 5) is 2.44. The quantitative estimate of drug-likeness (QED) is 0.599. The van der Waals surface area contributed by atoms with Gasteiger partial charge in [-0.25, -0.2) is 0 Å². The Bertz CT molecular complexity index is 774. The first-order valence-electron chi connectivity index (χ1n) is 10.0. The van der Waals surface area contributed by atoms with E-state index in [2.05, 4.69) is 50.2 Å². The van der Waals surface area contributed by atoms with Gasteiger partial charge in [-0.1, -0.05) is 25.1 Å². The summed E-state index contributed by atoms with van der Waals surface area (Å²) in [5.41, 5.74) is 2.54. The van der Waals surface area contributed by atoms with Crippen molar-refractivity contribution in [2.45, 2.75) is 62.1 Å². The molecule has 6 aliphatic rings. The minimum atomic E-state index is -0.273. The summed E-state index contributed by atoms with van der Waals surface area (Å²) in [7, 11) is 4.51. The summed E-state index contributed by atoms with van der Waals surface area (Å²) in [6.45, 7) is 2.21. The molecule has 1 spiro atoms. The third-order valence-corrected chi connectivity index (χ3v) is 9.39. The fourth-order valence-corrected chi connectivity index (χ4v) is 8.58. The number of quaternary nitrogens is 1. The number of fused-ring (bicyclic) bond motifs is 2. The second kappa shape index (κ2) is 4.96. The summed E-state index contributed by atoms with van der Waals surface area (Å²) in [5, 5.41) is 23.1. The number of rotatable bonds is 1. The van der Waals surface area contributed by atoms with Crippen LogP contribution >= 0.6 is 0 Å². The Morgan fingerprint density at radius 2 is 1.96 bits per heavy atom. The molecule has 7 rings (SSSR count). The van der Waals surface area contributed by atoms with Crippen molar-refractivity contribution in [3.63, 3.8) is 0 Å². The maximum Gasteiger partial charge on any atom is 0.193 e. The van der Waals surface area contributed by atoms with Crippen LogP contribution in [0.3, 0.4) is 0 Å². The highest BCUT2D eigenvalue weighted by Gasteiger charge is 2.82. The van der Waals surface area contributed by atoms with E-state index in [1.54, 1.807) is 0 Å². The van der Waals surface area contributed by atoms with Gasteiger partial charge < -0.3 is 27.5 Å². The van der Waals surface area contributed by atoms with Crippen LogP contribution in [0.25, 0.3) is 0 Å². The number of anilines is 1. The molecule has 142 valence electrons. The van der Waals surface area contributed by atoms with Gasteiger partial charge in [0.15, 0.2) is 6.23 Å². The highest BCUT2D eigenvalue weighted by Crippen LogP contribution is 2.70. The van der Waals surface area contributed by atoms with E-state index in [0.29, 0.717) is 35.9 Å². The van der Waals surface area contributed by atoms with Gasteiger partial charge in [0.1, 0.15) is 6.04 Å². The second-order valence-corrected chi connectivity index (χ2v) is 9.58. The van der Waals surface area contributed by atoms with Gasteiger partial charge in [-0.2, -0.15) is 0 Å². The number of hydrogen-bond donors (Lipinski definition) is 2. The van der Waals surface area contributed by atoms with Gasteiger partial charge in [0.25, 0.3) is 0 Å². The van der Waals surface area contributed by atoms with Crippen LogP contribution in [-0.2, 0) is 5.41 Å². The molecule has 5 heterocycles. The minimum Gasteiger partial charge on any atom is -1.00 e. The summed E-state index contributed by atoms with van der Waals surface area (Å²) in [6, 6.07) is 9.87. The molecule has 5 heteroatoms. The van der Waals surface area contributed by atoms with E-state index < -0.39 is 0 Å². The molecule has 1 saturated carbocycles. The van der Waals surface area contributed by atoms with E-state index in [1.807, 2.05) is 0 Å². The lowest BCUT2D eigenvalue weighted by Crippen LogP contribution is -3.00. The fraction of sp³-hybridized carbons (Fsp3) is 0.714. The largest absolute Gasteiger partial charge is 1.00 e. The van der Waals surface area contributed by atoms with Crippen molar-refractivity contribution in [2.24, 2.45) is 17.8 Å². The van der Waals surface area contributed by atoms with E-state index in [1.165, 1.54) is 11.3 Å². The van der Waals surface area contributed by atoms with Crippen LogP contribution in [0.2, 0.25) is 0 Å². The maximum absolute atomic E-state index is 11.7. The monoisotopic (exact) mass is 376 g/mol. The van der Waals surface area contributed by atoms with Crippen molar-refractivity contribution in [3.05, 3.63) is 29.8 Å². The highest BCUT2D eigenvalue weighted by atomic mass is 35.5. The molecule has 1 aromatic carbocycles. The molecule has 26 heavy (non-hydrogen) atoms. The molecule has 1 unspecified atom stereocenters. The number of benzene rings is 1. The molecule has 4 saturated heterocycles. The molecule has 5 bridgehead atoms. The van der Waals surface area contributed by atoms with Crippen molar-refractivity contribution < 1.29 is 27.1 Å². The van der Waals surface area contributed by atoms with Gasteiger partial charge in [0.2, 0.25) is 0 Å². The molecule has 10 atom stereocenters.